The van der Waals surface area contributed by atoms with E-state index in [1.54, 1.807) is 5.38 Å². The van der Waals surface area contributed by atoms with Crippen LogP contribution in [0.15, 0.2) is 24.0 Å². The van der Waals surface area contributed by atoms with Gasteiger partial charge in [0, 0.05) is 24.3 Å². The van der Waals surface area contributed by atoms with E-state index in [4.69, 9.17) is 0 Å². The van der Waals surface area contributed by atoms with Crippen LogP contribution in [-0.2, 0) is 11.2 Å². The van der Waals surface area contributed by atoms with Crippen LogP contribution in [0.25, 0.3) is 0 Å². The molecule has 1 aliphatic rings. The minimum absolute atomic E-state index is 0.0253. The fourth-order valence-corrected chi connectivity index (χ4v) is 3.60. The highest BCUT2D eigenvalue weighted by atomic mass is 32.1. The molecule has 1 aliphatic carbocycles. The van der Waals surface area contributed by atoms with Crippen molar-refractivity contribution in [1.82, 2.24) is 20.3 Å². The Balaban J connectivity index is 1.46. The Hall–Kier alpha value is -2.35. The van der Waals surface area contributed by atoms with E-state index in [0.29, 0.717) is 16.7 Å². The van der Waals surface area contributed by atoms with Crippen LogP contribution in [0.4, 0.5) is 5.13 Å². The highest BCUT2D eigenvalue weighted by Crippen LogP contribution is 2.22. The molecular formula is C17H21N5O2S. The van der Waals surface area contributed by atoms with Crippen LogP contribution in [0.5, 0.6) is 0 Å². The van der Waals surface area contributed by atoms with Crippen molar-refractivity contribution >= 4 is 28.3 Å². The van der Waals surface area contributed by atoms with E-state index in [0.717, 1.165) is 6.54 Å². The summed E-state index contributed by atoms with van der Waals surface area (Å²) in [5.41, 5.74) is 0.880. The van der Waals surface area contributed by atoms with Gasteiger partial charge in [-0.3, -0.25) is 19.9 Å². The fourth-order valence-electron chi connectivity index (χ4n) is 2.90. The van der Waals surface area contributed by atoms with E-state index >= 15 is 0 Å². The number of thiazole rings is 1. The van der Waals surface area contributed by atoms with Gasteiger partial charge >= 0.3 is 0 Å². The van der Waals surface area contributed by atoms with E-state index in [-0.39, 0.29) is 23.9 Å². The van der Waals surface area contributed by atoms with E-state index in [1.165, 1.54) is 62.0 Å². The number of hydrogen-bond donors (Lipinski definition) is 2. The van der Waals surface area contributed by atoms with Crippen molar-refractivity contribution < 1.29 is 9.59 Å². The lowest BCUT2D eigenvalue weighted by Crippen LogP contribution is -2.31. The number of anilines is 1. The number of carbonyl (C=O) groups excluding carboxylic acids is 2. The number of carbonyl (C=O) groups is 2. The summed E-state index contributed by atoms with van der Waals surface area (Å²) in [6.45, 7) is 0.749. The number of aromatic nitrogens is 3. The average molecular weight is 359 g/mol. The SMILES string of the molecule is O=C(Cc1csc(NC(=O)c2cnccn2)n1)NCC1CCCCC1. The second-order valence-corrected chi connectivity index (χ2v) is 7.03. The molecular weight excluding hydrogens is 338 g/mol. The summed E-state index contributed by atoms with van der Waals surface area (Å²) in [6, 6.07) is 0. The Bertz CT molecular complexity index is 713. The van der Waals surface area contributed by atoms with Gasteiger partial charge < -0.3 is 5.32 Å². The third kappa shape index (κ3) is 5.32. The van der Waals surface area contributed by atoms with Crippen molar-refractivity contribution in [2.24, 2.45) is 5.92 Å². The first kappa shape index (κ1) is 17.5. The minimum Gasteiger partial charge on any atom is -0.355 e. The van der Waals surface area contributed by atoms with Gasteiger partial charge in [0.25, 0.3) is 5.91 Å². The van der Waals surface area contributed by atoms with Crippen LogP contribution in [-0.4, -0.2) is 33.3 Å². The first-order valence-corrected chi connectivity index (χ1v) is 9.37. The Morgan fingerprint density at radius 1 is 1.20 bits per heavy atom. The van der Waals surface area contributed by atoms with Crippen molar-refractivity contribution in [3.8, 4) is 0 Å². The number of nitrogens with zero attached hydrogens (tertiary/aromatic N) is 3. The maximum atomic E-state index is 12.1. The maximum Gasteiger partial charge on any atom is 0.277 e. The molecule has 2 amide bonds. The van der Waals surface area contributed by atoms with Crippen LogP contribution >= 0.6 is 11.3 Å². The largest absolute Gasteiger partial charge is 0.355 e. The Kier molecular flexibility index (Phi) is 6.05. The predicted octanol–water partition coefficient (Wildman–Crippen LogP) is 2.42. The highest BCUT2D eigenvalue weighted by molar-refractivity contribution is 7.14. The van der Waals surface area contributed by atoms with Crippen molar-refractivity contribution in [3.05, 3.63) is 35.4 Å². The van der Waals surface area contributed by atoms with Gasteiger partial charge in [-0.1, -0.05) is 19.3 Å². The summed E-state index contributed by atoms with van der Waals surface area (Å²) >= 11 is 1.29. The molecule has 132 valence electrons. The highest BCUT2D eigenvalue weighted by Gasteiger charge is 2.15. The fraction of sp³-hybridized carbons (Fsp3) is 0.471. The molecule has 2 heterocycles. The summed E-state index contributed by atoms with van der Waals surface area (Å²) in [4.78, 5) is 36.1. The topological polar surface area (TPSA) is 96.9 Å². The lowest BCUT2D eigenvalue weighted by atomic mass is 9.89. The summed E-state index contributed by atoms with van der Waals surface area (Å²) in [5, 5.41) is 7.90. The molecule has 0 radical (unpaired) electrons. The molecule has 1 fully saturated rings. The molecule has 0 aromatic carbocycles. The van der Waals surface area contributed by atoms with Crippen molar-refractivity contribution in [2.45, 2.75) is 38.5 Å². The molecule has 25 heavy (non-hydrogen) atoms. The minimum atomic E-state index is -0.365. The normalized spacial score (nSPS) is 14.9. The molecule has 0 atom stereocenters. The van der Waals surface area contributed by atoms with Crippen molar-refractivity contribution in [2.75, 3.05) is 11.9 Å². The van der Waals surface area contributed by atoms with Gasteiger partial charge in [-0.05, 0) is 18.8 Å². The van der Waals surface area contributed by atoms with Gasteiger partial charge in [0.1, 0.15) is 5.69 Å². The quantitative estimate of drug-likeness (QED) is 0.825. The standard InChI is InChI=1S/C17H21N5O2S/c23-15(20-9-12-4-2-1-3-5-12)8-13-11-25-17(21-13)22-16(24)14-10-18-6-7-19-14/h6-7,10-12H,1-5,8-9H2,(H,20,23)(H,21,22,24). The maximum absolute atomic E-state index is 12.1. The predicted molar refractivity (Wildman–Crippen MR) is 95.4 cm³/mol. The van der Waals surface area contributed by atoms with Crippen LogP contribution < -0.4 is 10.6 Å². The molecule has 8 heteroatoms. The second-order valence-electron chi connectivity index (χ2n) is 6.17. The average Bonchev–Trinajstić information content (AvgIpc) is 3.08. The number of nitrogens with one attached hydrogen (secondary N) is 2. The molecule has 0 unspecified atom stereocenters. The van der Waals surface area contributed by atoms with Gasteiger partial charge in [-0.2, -0.15) is 0 Å². The molecule has 3 rings (SSSR count). The van der Waals surface area contributed by atoms with E-state index in [9.17, 15) is 9.59 Å². The van der Waals surface area contributed by atoms with E-state index in [2.05, 4.69) is 25.6 Å². The first-order chi connectivity index (χ1) is 12.2. The van der Waals surface area contributed by atoms with Crippen LogP contribution in [0.3, 0.4) is 0 Å². The number of rotatable bonds is 6. The Morgan fingerprint density at radius 3 is 2.80 bits per heavy atom. The molecule has 0 aliphatic heterocycles. The third-order valence-corrected chi connectivity index (χ3v) is 5.03. The third-order valence-electron chi connectivity index (χ3n) is 4.22. The van der Waals surface area contributed by atoms with Crippen LogP contribution in [0, 0.1) is 5.92 Å². The van der Waals surface area contributed by atoms with Crippen molar-refractivity contribution in [3.63, 3.8) is 0 Å². The Labute approximate surface area is 150 Å². The molecule has 0 bridgehead atoms. The Morgan fingerprint density at radius 2 is 2.04 bits per heavy atom. The summed E-state index contributed by atoms with van der Waals surface area (Å²) in [5.74, 6) is 0.216. The summed E-state index contributed by atoms with van der Waals surface area (Å²) < 4.78 is 0. The summed E-state index contributed by atoms with van der Waals surface area (Å²) in [7, 11) is 0. The van der Waals surface area contributed by atoms with Crippen LogP contribution in [0.2, 0.25) is 0 Å². The van der Waals surface area contributed by atoms with Gasteiger partial charge in [-0.25, -0.2) is 9.97 Å². The first-order valence-electron chi connectivity index (χ1n) is 8.49. The monoisotopic (exact) mass is 359 g/mol. The molecule has 0 spiro atoms. The second kappa shape index (κ2) is 8.66. The molecule has 2 aromatic heterocycles. The van der Waals surface area contributed by atoms with E-state index < -0.39 is 0 Å². The van der Waals surface area contributed by atoms with Crippen LogP contribution in [0.1, 0.15) is 48.3 Å². The molecule has 0 saturated heterocycles. The van der Waals surface area contributed by atoms with Gasteiger partial charge in [0.15, 0.2) is 5.13 Å². The lowest BCUT2D eigenvalue weighted by Gasteiger charge is -2.21. The van der Waals surface area contributed by atoms with Gasteiger partial charge in [-0.15, -0.1) is 11.3 Å². The molecule has 2 N–H and O–H groups in total. The lowest BCUT2D eigenvalue weighted by molar-refractivity contribution is -0.120. The smallest absolute Gasteiger partial charge is 0.277 e. The van der Waals surface area contributed by atoms with Gasteiger partial charge in [0.05, 0.1) is 18.3 Å². The van der Waals surface area contributed by atoms with Crippen molar-refractivity contribution in [1.29, 1.82) is 0 Å². The molecule has 2 aromatic rings. The molecule has 1 saturated carbocycles. The zero-order chi connectivity index (χ0) is 17.5. The summed E-state index contributed by atoms with van der Waals surface area (Å²) in [6.07, 6.45) is 10.8. The number of hydrogen-bond acceptors (Lipinski definition) is 6. The van der Waals surface area contributed by atoms with Gasteiger partial charge in [0.2, 0.25) is 5.91 Å². The zero-order valence-corrected chi connectivity index (χ0v) is 14.7. The number of amides is 2. The zero-order valence-electron chi connectivity index (χ0n) is 13.9. The molecule has 7 nitrogen and oxygen atoms in total. The van der Waals surface area contributed by atoms with E-state index in [1.807, 2.05) is 0 Å².